The molecule has 60 valence electrons. The Morgan fingerprint density at radius 1 is 1.45 bits per heavy atom. The fraction of sp³-hybridized carbons (Fsp3) is 0.429. The molecule has 0 aromatic carbocycles. The van der Waals surface area contributed by atoms with Gasteiger partial charge in [0.25, 0.3) is 0 Å². The Bertz CT molecular complexity index is 223. The summed E-state index contributed by atoms with van der Waals surface area (Å²) in [5.41, 5.74) is 3.44. The van der Waals surface area contributed by atoms with E-state index in [1.54, 1.807) is 12.4 Å². The summed E-state index contributed by atoms with van der Waals surface area (Å²) < 4.78 is 0. The number of aryl methyl sites for hydroxylation is 1. The number of hydrogen-bond donors (Lipinski definition) is 2. The van der Waals surface area contributed by atoms with Crippen LogP contribution in [-0.4, -0.2) is 9.97 Å². The van der Waals surface area contributed by atoms with Crippen molar-refractivity contribution in [3.05, 3.63) is 18.1 Å². The number of nitrogens with two attached hydrogens (primary N) is 1. The first-order valence-corrected chi connectivity index (χ1v) is 3.65. The third kappa shape index (κ3) is 1.88. The average molecular weight is 152 g/mol. The van der Waals surface area contributed by atoms with Crippen LogP contribution in [-0.2, 0) is 6.42 Å². The molecule has 0 atom stereocenters. The molecule has 0 radical (unpaired) electrons. The summed E-state index contributed by atoms with van der Waals surface area (Å²) >= 11 is 0. The first-order valence-electron chi connectivity index (χ1n) is 3.65. The van der Waals surface area contributed by atoms with Gasteiger partial charge in [0.2, 0.25) is 0 Å². The van der Waals surface area contributed by atoms with Gasteiger partial charge in [0.05, 0.1) is 5.69 Å². The van der Waals surface area contributed by atoms with Crippen molar-refractivity contribution in [2.75, 3.05) is 5.43 Å². The first-order chi connectivity index (χ1) is 5.38. The Kier molecular flexibility index (Phi) is 2.80. The maximum absolute atomic E-state index is 5.23. The van der Waals surface area contributed by atoms with E-state index in [0.29, 0.717) is 5.82 Å². The molecule has 0 saturated carbocycles. The fourth-order valence-corrected chi connectivity index (χ4v) is 0.907. The van der Waals surface area contributed by atoms with Gasteiger partial charge in [-0.2, -0.15) is 0 Å². The first kappa shape index (κ1) is 7.94. The summed E-state index contributed by atoms with van der Waals surface area (Å²) in [4.78, 5) is 8.15. The van der Waals surface area contributed by atoms with Crippen molar-refractivity contribution < 1.29 is 0 Å². The van der Waals surface area contributed by atoms with Crippen molar-refractivity contribution in [1.29, 1.82) is 0 Å². The molecule has 4 nitrogen and oxygen atoms in total. The van der Waals surface area contributed by atoms with Crippen LogP contribution in [0, 0.1) is 0 Å². The van der Waals surface area contributed by atoms with Crippen molar-refractivity contribution in [3.8, 4) is 0 Å². The number of anilines is 1. The Morgan fingerprint density at radius 2 is 2.18 bits per heavy atom. The maximum atomic E-state index is 5.23. The van der Waals surface area contributed by atoms with Crippen LogP contribution in [0.2, 0.25) is 0 Å². The number of rotatable bonds is 3. The van der Waals surface area contributed by atoms with E-state index in [1.165, 1.54) is 0 Å². The van der Waals surface area contributed by atoms with Crippen molar-refractivity contribution in [3.63, 3.8) is 0 Å². The van der Waals surface area contributed by atoms with Gasteiger partial charge in [0.1, 0.15) is 0 Å². The lowest BCUT2D eigenvalue weighted by atomic mass is 10.2. The van der Waals surface area contributed by atoms with E-state index in [-0.39, 0.29) is 0 Å². The smallest absolute Gasteiger partial charge is 0.161 e. The summed E-state index contributed by atoms with van der Waals surface area (Å²) in [6.45, 7) is 2.09. The van der Waals surface area contributed by atoms with E-state index in [0.717, 1.165) is 18.5 Å². The minimum absolute atomic E-state index is 0.675. The van der Waals surface area contributed by atoms with Crippen molar-refractivity contribution in [2.45, 2.75) is 19.8 Å². The lowest BCUT2D eigenvalue weighted by Gasteiger charge is -2.03. The second-order valence-electron chi connectivity index (χ2n) is 2.25. The van der Waals surface area contributed by atoms with E-state index in [9.17, 15) is 0 Å². The zero-order chi connectivity index (χ0) is 8.10. The molecule has 0 amide bonds. The molecule has 0 aliphatic rings. The van der Waals surface area contributed by atoms with Crippen LogP contribution in [0.25, 0.3) is 0 Å². The molecular weight excluding hydrogens is 140 g/mol. The molecule has 0 aliphatic carbocycles. The van der Waals surface area contributed by atoms with Gasteiger partial charge in [-0.1, -0.05) is 13.3 Å². The standard InChI is InChI=1S/C7H12N4/c1-2-3-6-7(11-8)10-5-4-9-6/h4-5H,2-3,8H2,1H3,(H,10,11). The molecule has 0 saturated heterocycles. The summed E-state index contributed by atoms with van der Waals surface area (Å²) in [5.74, 6) is 5.90. The van der Waals surface area contributed by atoms with Gasteiger partial charge >= 0.3 is 0 Å². The molecule has 1 heterocycles. The van der Waals surface area contributed by atoms with Crippen molar-refractivity contribution in [2.24, 2.45) is 5.84 Å². The van der Waals surface area contributed by atoms with E-state index in [4.69, 9.17) is 5.84 Å². The summed E-state index contributed by atoms with van der Waals surface area (Å²) in [6.07, 6.45) is 5.25. The third-order valence-electron chi connectivity index (χ3n) is 1.40. The molecule has 0 spiro atoms. The molecule has 4 heteroatoms. The molecule has 0 aliphatic heterocycles. The Hall–Kier alpha value is -1.16. The molecule has 1 rings (SSSR count). The maximum Gasteiger partial charge on any atom is 0.161 e. The van der Waals surface area contributed by atoms with Gasteiger partial charge in [-0.25, -0.2) is 10.8 Å². The molecule has 1 aromatic rings. The van der Waals surface area contributed by atoms with Gasteiger partial charge < -0.3 is 5.43 Å². The minimum atomic E-state index is 0.675. The van der Waals surface area contributed by atoms with Crippen LogP contribution in [0.3, 0.4) is 0 Å². The van der Waals surface area contributed by atoms with Crippen molar-refractivity contribution in [1.82, 2.24) is 9.97 Å². The molecule has 0 fully saturated rings. The molecule has 1 aromatic heterocycles. The normalized spacial score (nSPS) is 9.64. The Labute approximate surface area is 65.8 Å². The van der Waals surface area contributed by atoms with Gasteiger partial charge in [-0.3, -0.25) is 4.98 Å². The van der Waals surface area contributed by atoms with Crippen molar-refractivity contribution >= 4 is 5.82 Å². The number of nitrogens with one attached hydrogen (secondary N) is 1. The predicted molar refractivity (Wildman–Crippen MR) is 43.8 cm³/mol. The molecular formula is C7H12N4. The monoisotopic (exact) mass is 152 g/mol. The minimum Gasteiger partial charge on any atom is -0.307 e. The lowest BCUT2D eigenvalue weighted by molar-refractivity contribution is 0.871. The topological polar surface area (TPSA) is 63.8 Å². The van der Waals surface area contributed by atoms with Gasteiger partial charge in [-0.05, 0) is 6.42 Å². The third-order valence-corrected chi connectivity index (χ3v) is 1.40. The summed E-state index contributed by atoms with van der Waals surface area (Å²) in [7, 11) is 0. The summed E-state index contributed by atoms with van der Waals surface area (Å²) in [5, 5.41) is 0. The predicted octanol–water partition coefficient (Wildman–Crippen LogP) is 0.715. The van der Waals surface area contributed by atoms with Crippen LogP contribution in [0.4, 0.5) is 5.82 Å². The highest BCUT2D eigenvalue weighted by molar-refractivity contribution is 5.37. The SMILES string of the molecule is CCCc1nccnc1NN. The number of nitrogen functional groups attached to an aromatic ring is 1. The van der Waals surface area contributed by atoms with E-state index in [1.807, 2.05) is 0 Å². The highest BCUT2D eigenvalue weighted by Crippen LogP contribution is 2.07. The second kappa shape index (κ2) is 3.88. The molecule has 0 unspecified atom stereocenters. The van der Waals surface area contributed by atoms with E-state index in [2.05, 4.69) is 22.3 Å². The van der Waals surface area contributed by atoms with Crippen LogP contribution in [0.15, 0.2) is 12.4 Å². The van der Waals surface area contributed by atoms with Gasteiger partial charge in [0.15, 0.2) is 5.82 Å². The Morgan fingerprint density at radius 3 is 2.82 bits per heavy atom. The van der Waals surface area contributed by atoms with Crippen LogP contribution >= 0.6 is 0 Å². The highest BCUT2D eigenvalue weighted by Gasteiger charge is 1.99. The van der Waals surface area contributed by atoms with Crippen LogP contribution in [0.5, 0.6) is 0 Å². The quantitative estimate of drug-likeness (QED) is 0.494. The second-order valence-corrected chi connectivity index (χ2v) is 2.25. The number of hydrazine groups is 1. The number of aromatic nitrogens is 2. The largest absolute Gasteiger partial charge is 0.307 e. The van der Waals surface area contributed by atoms with E-state index < -0.39 is 0 Å². The summed E-state index contributed by atoms with van der Waals surface area (Å²) in [6, 6.07) is 0. The zero-order valence-corrected chi connectivity index (χ0v) is 6.54. The molecule has 0 bridgehead atoms. The van der Waals surface area contributed by atoms with Gasteiger partial charge in [0, 0.05) is 12.4 Å². The lowest BCUT2D eigenvalue weighted by Crippen LogP contribution is -2.11. The fourth-order valence-electron chi connectivity index (χ4n) is 0.907. The molecule has 11 heavy (non-hydrogen) atoms. The van der Waals surface area contributed by atoms with Crippen LogP contribution < -0.4 is 11.3 Å². The van der Waals surface area contributed by atoms with Crippen LogP contribution in [0.1, 0.15) is 19.0 Å². The Balaban J connectivity index is 2.83. The van der Waals surface area contributed by atoms with E-state index >= 15 is 0 Å². The van der Waals surface area contributed by atoms with Gasteiger partial charge in [-0.15, -0.1) is 0 Å². The number of nitrogens with zero attached hydrogens (tertiary/aromatic N) is 2. The average Bonchev–Trinajstić information content (AvgIpc) is 2.06. The number of hydrogen-bond acceptors (Lipinski definition) is 4. The highest BCUT2D eigenvalue weighted by atomic mass is 15.3. The molecule has 3 N–H and O–H groups in total. The zero-order valence-electron chi connectivity index (χ0n) is 6.54.